The molecule has 34 heavy (non-hydrogen) atoms. The Morgan fingerprint density at radius 1 is 1.15 bits per heavy atom. The van der Waals surface area contributed by atoms with Gasteiger partial charge in [0, 0.05) is 23.6 Å². The molecule has 0 aliphatic carbocycles. The smallest absolute Gasteiger partial charge is 0.290 e. The Hall–Kier alpha value is -4.04. The van der Waals surface area contributed by atoms with Crippen LogP contribution in [0.15, 0.2) is 77.5 Å². The van der Waals surface area contributed by atoms with Crippen LogP contribution in [0.1, 0.15) is 26.8 Å². The third kappa shape index (κ3) is 3.72. The first-order valence-electron chi connectivity index (χ1n) is 10.7. The van der Waals surface area contributed by atoms with Gasteiger partial charge >= 0.3 is 0 Å². The number of phenolic OH excluding ortho intramolecular Hbond substituents is 1. The highest BCUT2D eigenvalue weighted by atomic mass is 32.1. The number of aromatic hydroxyl groups is 1. The van der Waals surface area contributed by atoms with Crippen LogP contribution < -0.4 is 4.74 Å². The van der Waals surface area contributed by atoms with E-state index in [9.17, 15) is 19.8 Å². The number of ether oxygens (including phenoxy) is 1. The number of aromatic nitrogens is 1. The minimum atomic E-state index is -0.811. The van der Waals surface area contributed by atoms with Gasteiger partial charge in [-0.05, 0) is 59.3 Å². The van der Waals surface area contributed by atoms with Crippen molar-refractivity contribution in [2.45, 2.75) is 12.5 Å². The number of carbonyl (C=O) groups is 2. The number of Topliss-reactive ketones (excluding diaryl/α,β-unsaturated/α-hetero) is 1. The molecule has 5 rings (SSSR count). The van der Waals surface area contributed by atoms with E-state index in [2.05, 4.69) is 4.98 Å². The molecule has 0 saturated heterocycles. The number of benzene rings is 2. The standard InChI is InChI=1S/C26H22N2O5S/c1-33-18-7-8-20-19(13-18)16(14-27-20)9-10-28-23(15-4-2-5-17(29)12-15)22(25(31)26(28)32)24(30)21-6-3-11-34-21/h2-8,11-14,23,27,29,31H,9-10H2,1H3. The number of hydrogen-bond acceptors (Lipinski definition) is 6. The number of thiophene rings is 1. The van der Waals surface area contributed by atoms with Gasteiger partial charge in [-0.15, -0.1) is 11.3 Å². The predicted molar refractivity (Wildman–Crippen MR) is 129 cm³/mol. The lowest BCUT2D eigenvalue weighted by atomic mass is 9.95. The van der Waals surface area contributed by atoms with Crippen molar-refractivity contribution in [3.8, 4) is 11.5 Å². The van der Waals surface area contributed by atoms with Gasteiger partial charge in [0.15, 0.2) is 5.76 Å². The van der Waals surface area contributed by atoms with E-state index < -0.39 is 23.5 Å². The Balaban J connectivity index is 1.51. The quantitative estimate of drug-likeness (QED) is 0.335. The molecule has 3 heterocycles. The summed E-state index contributed by atoms with van der Waals surface area (Å²) in [4.78, 5) is 31.6. The van der Waals surface area contributed by atoms with E-state index >= 15 is 0 Å². The van der Waals surface area contributed by atoms with Crippen LogP contribution in [-0.2, 0) is 11.2 Å². The number of H-pyrrole nitrogens is 1. The minimum absolute atomic E-state index is 0.0166. The lowest BCUT2D eigenvalue weighted by Gasteiger charge is -2.27. The zero-order valence-electron chi connectivity index (χ0n) is 18.3. The van der Waals surface area contributed by atoms with Crippen molar-refractivity contribution in [3.05, 3.63) is 93.5 Å². The lowest BCUT2D eigenvalue weighted by Crippen LogP contribution is -2.33. The summed E-state index contributed by atoms with van der Waals surface area (Å²) in [6.45, 7) is 0.259. The van der Waals surface area contributed by atoms with Crippen LogP contribution in [0.2, 0.25) is 0 Å². The first-order valence-corrected chi connectivity index (χ1v) is 11.6. The molecule has 2 aromatic carbocycles. The summed E-state index contributed by atoms with van der Waals surface area (Å²) in [5.74, 6) is -0.805. The number of nitrogens with one attached hydrogen (secondary N) is 1. The molecule has 1 amide bonds. The van der Waals surface area contributed by atoms with Gasteiger partial charge in [0.2, 0.25) is 5.78 Å². The second-order valence-electron chi connectivity index (χ2n) is 8.04. The van der Waals surface area contributed by atoms with Crippen LogP contribution >= 0.6 is 11.3 Å². The number of methoxy groups -OCH3 is 1. The zero-order valence-corrected chi connectivity index (χ0v) is 19.1. The fraction of sp³-hybridized carbons (Fsp3) is 0.154. The SMILES string of the molecule is COc1ccc2[nH]cc(CCN3C(=O)C(O)=C(C(=O)c4cccs4)C3c3cccc(O)c3)c2c1. The highest BCUT2D eigenvalue weighted by Crippen LogP contribution is 2.40. The van der Waals surface area contributed by atoms with Gasteiger partial charge in [-0.2, -0.15) is 0 Å². The third-order valence-electron chi connectivity index (χ3n) is 6.08. The molecule has 0 radical (unpaired) electrons. The van der Waals surface area contributed by atoms with E-state index in [1.54, 1.807) is 36.8 Å². The molecular formula is C26H22N2O5S. The number of phenols is 1. The van der Waals surface area contributed by atoms with Crippen LogP contribution in [0.25, 0.3) is 10.9 Å². The minimum Gasteiger partial charge on any atom is -0.508 e. The fourth-order valence-corrected chi connectivity index (χ4v) is 5.11. The molecule has 4 aromatic rings. The van der Waals surface area contributed by atoms with Gasteiger partial charge < -0.3 is 24.8 Å². The summed E-state index contributed by atoms with van der Waals surface area (Å²) in [7, 11) is 1.61. The van der Waals surface area contributed by atoms with Crippen molar-refractivity contribution in [2.24, 2.45) is 0 Å². The Labute approximate surface area is 199 Å². The summed E-state index contributed by atoms with van der Waals surface area (Å²) in [5, 5.41) is 23.6. The number of carbonyl (C=O) groups excluding carboxylic acids is 2. The zero-order chi connectivity index (χ0) is 23.8. The van der Waals surface area contributed by atoms with E-state index in [1.807, 2.05) is 24.4 Å². The number of ketones is 1. The topological polar surface area (TPSA) is 103 Å². The Kier molecular flexibility index (Phi) is 5.59. The van der Waals surface area contributed by atoms with Crippen molar-refractivity contribution in [2.75, 3.05) is 13.7 Å². The monoisotopic (exact) mass is 474 g/mol. The van der Waals surface area contributed by atoms with Gasteiger partial charge in [0.25, 0.3) is 5.91 Å². The molecular weight excluding hydrogens is 452 g/mol. The molecule has 0 saturated carbocycles. The Morgan fingerprint density at radius 2 is 2.00 bits per heavy atom. The van der Waals surface area contributed by atoms with Crippen LogP contribution in [0.3, 0.4) is 0 Å². The second-order valence-corrected chi connectivity index (χ2v) is 8.99. The lowest BCUT2D eigenvalue weighted by molar-refractivity contribution is -0.129. The van der Waals surface area contributed by atoms with Crippen molar-refractivity contribution in [3.63, 3.8) is 0 Å². The van der Waals surface area contributed by atoms with Crippen LogP contribution in [0.4, 0.5) is 0 Å². The van der Waals surface area contributed by atoms with E-state index in [-0.39, 0.29) is 17.9 Å². The molecule has 1 atom stereocenters. The largest absolute Gasteiger partial charge is 0.508 e. The third-order valence-corrected chi connectivity index (χ3v) is 6.94. The second kappa shape index (κ2) is 8.72. The number of nitrogens with zero attached hydrogens (tertiary/aromatic N) is 1. The highest BCUT2D eigenvalue weighted by molar-refractivity contribution is 7.12. The van der Waals surface area contributed by atoms with Crippen LogP contribution in [-0.4, -0.2) is 45.4 Å². The average molecular weight is 475 g/mol. The first-order chi connectivity index (χ1) is 16.5. The number of aliphatic hydroxyl groups is 1. The summed E-state index contributed by atoms with van der Waals surface area (Å²) < 4.78 is 5.34. The normalized spacial score (nSPS) is 16.0. The molecule has 172 valence electrons. The molecule has 0 spiro atoms. The number of aromatic amines is 1. The fourth-order valence-electron chi connectivity index (χ4n) is 4.43. The first kappa shape index (κ1) is 21.8. The molecule has 8 heteroatoms. The summed E-state index contributed by atoms with van der Waals surface area (Å²) in [6, 6.07) is 14.8. The molecule has 3 N–H and O–H groups in total. The summed E-state index contributed by atoms with van der Waals surface area (Å²) in [5.41, 5.74) is 2.51. The van der Waals surface area contributed by atoms with Gasteiger partial charge in [0.05, 0.1) is 23.6 Å². The molecule has 1 aliphatic rings. The number of amides is 1. The molecule has 2 aromatic heterocycles. The summed E-state index contributed by atoms with van der Waals surface area (Å²) >= 11 is 1.25. The molecule has 7 nitrogen and oxygen atoms in total. The van der Waals surface area contributed by atoms with Gasteiger partial charge in [-0.1, -0.05) is 18.2 Å². The molecule has 1 aliphatic heterocycles. The van der Waals surface area contributed by atoms with Gasteiger partial charge in [-0.3, -0.25) is 9.59 Å². The van der Waals surface area contributed by atoms with Crippen molar-refractivity contribution in [1.29, 1.82) is 0 Å². The van der Waals surface area contributed by atoms with Gasteiger partial charge in [0.1, 0.15) is 11.5 Å². The van der Waals surface area contributed by atoms with Crippen LogP contribution in [0, 0.1) is 0 Å². The van der Waals surface area contributed by atoms with Crippen molar-refractivity contribution >= 4 is 33.9 Å². The predicted octanol–water partition coefficient (Wildman–Crippen LogP) is 4.76. The van der Waals surface area contributed by atoms with E-state index in [1.165, 1.54) is 28.4 Å². The highest BCUT2D eigenvalue weighted by Gasteiger charge is 2.43. The molecule has 0 bridgehead atoms. The number of hydrogen-bond donors (Lipinski definition) is 3. The Morgan fingerprint density at radius 3 is 2.74 bits per heavy atom. The van der Waals surface area contributed by atoms with Crippen LogP contribution in [0.5, 0.6) is 11.5 Å². The number of aliphatic hydroxyl groups excluding tert-OH is 1. The Bertz CT molecular complexity index is 1420. The maximum Gasteiger partial charge on any atom is 0.290 e. The average Bonchev–Trinajstić information content (AvgIpc) is 3.57. The summed E-state index contributed by atoms with van der Waals surface area (Å²) in [6.07, 6.45) is 2.38. The van der Waals surface area contributed by atoms with Gasteiger partial charge in [-0.25, -0.2) is 0 Å². The van der Waals surface area contributed by atoms with E-state index in [0.717, 1.165) is 22.2 Å². The number of fused-ring (bicyclic) bond motifs is 1. The maximum absolute atomic E-state index is 13.3. The number of rotatable bonds is 7. The van der Waals surface area contributed by atoms with Crippen molar-refractivity contribution in [1.82, 2.24) is 9.88 Å². The molecule has 1 unspecified atom stereocenters. The molecule has 0 fully saturated rings. The van der Waals surface area contributed by atoms with E-state index in [4.69, 9.17) is 4.74 Å². The van der Waals surface area contributed by atoms with E-state index in [0.29, 0.717) is 16.9 Å². The maximum atomic E-state index is 13.3. The van der Waals surface area contributed by atoms with Crippen molar-refractivity contribution < 1.29 is 24.5 Å².